The van der Waals surface area contributed by atoms with E-state index in [1.807, 2.05) is 12.1 Å². The van der Waals surface area contributed by atoms with Crippen LogP contribution in [0.1, 0.15) is 31.4 Å². The van der Waals surface area contributed by atoms with Crippen molar-refractivity contribution in [2.75, 3.05) is 18.0 Å². The molecule has 2 rings (SSSR count). The average Bonchev–Trinajstić information content (AvgIpc) is 2.82. The van der Waals surface area contributed by atoms with Crippen molar-refractivity contribution < 1.29 is 5.11 Å². The molecule has 0 aromatic heterocycles. The van der Waals surface area contributed by atoms with E-state index in [0.717, 1.165) is 30.8 Å². The van der Waals surface area contributed by atoms with Crippen LogP contribution in [0.2, 0.25) is 0 Å². The molecule has 1 atom stereocenters. The third-order valence-corrected chi connectivity index (χ3v) is 3.40. The maximum Gasteiger partial charge on any atom is 0.101 e. The van der Waals surface area contributed by atoms with Crippen molar-refractivity contribution in [1.29, 1.82) is 5.26 Å². The summed E-state index contributed by atoms with van der Waals surface area (Å²) in [7, 11) is 0. The van der Waals surface area contributed by atoms with Gasteiger partial charge in [0, 0.05) is 25.7 Å². The van der Waals surface area contributed by atoms with Gasteiger partial charge in [-0.2, -0.15) is 5.26 Å². The van der Waals surface area contributed by atoms with E-state index in [4.69, 9.17) is 0 Å². The number of nitrogens with zero attached hydrogens (tertiary/aromatic N) is 2. The number of hydrogen-bond donors (Lipinski definition) is 2. The average molecular weight is 259 g/mol. The fourth-order valence-electron chi connectivity index (χ4n) is 2.34. The highest BCUT2D eigenvalue weighted by Crippen LogP contribution is 2.25. The van der Waals surface area contributed by atoms with Gasteiger partial charge in [-0.1, -0.05) is 19.9 Å². The molecule has 0 bridgehead atoms. The van der Waals surface area contributed by atoms with Crippen LogP contribution in [0.4, 0.5) is 5.69 Å². The van der Waals surface area contributed by atoms with Gasteiger partial charge in [-0.25, -0.2) is 0 Å². The summed E-state index contributed by atoms with van der Waals surface area (Å²) in [4.78, 5) is 2.09. The number of benzene rings is 1. The van der Waals surface area contributed by atoms with Gasteiger partial charge < -0.3 is 15.3 Å². The van der Waals surface area contributed by atoms with Crippen molar-refractivity contribution in [2.45, 2.75) is 39.0 Å². The normalized spacial score (nSPS) is 18.9. The van der Waals surface area contributed by atoms with Crippen molar-refractivity contribution in [3.05, 3.63) is 29.3 Å². The molecule has 1 aromatic carbocycles. The second kappa shape index (κ2) is 6.05. The molecule has 0 spiro atoms. The van der Waals surface area contributed by atoms with E-state index >= 15 is 0 Å². The first kappa shape index (κ1) is 13.9. The lowest BCUT2D eigenvalue weighted by Gasteiger charge is -2.20. The zero-order valence-electron chi connectivity index (χ0n) is 11.6. The van der Waals surface area contributed by atoms with Gasteiger partial charge in [-0.15, -0.1) is 0 Å². The number of aliphatic hydroxyl groups excluding tert-OH is 1. The zero-order chi connectivity index (χ0) is 13.8. The minimum Gasteiger partial charge on any atom is -0.391 e. The van der Waals surface area contributed by atoms with Crippen LogP contribution >= 0.6 is 0 Å². The first-order chi connectivity index (χ1) is 9.10. The fraction of sp³-hybridized carbons (Fsp3) is 0.533. The summed E-state index contributed by atoms with van der Waals surface area (Å²) >= 11 is 0. The molecule has 0 saturated carbocycles. The van der Waals surface area contributed by atoms with Crippen LogP contribution < -0.4 is 10.2 Å². The van der Waals surface area contributed by atoms with Crippen LogP contribution in [-0.4, -0.2) is 30.3 Å². The molecule has 1 unspecified atom stereocenters. The number of rotatable bonds is 4. The largest absolute Gasteiger partial charge is 0.391 e. The highest BCUT2D eigenvalue weighted by molar-refractivity contribution is 5.61. The van der Waals surface area contributed by atoms with E-state index in [0.29, 0.717) is 18.2 Å². The summed E-state index contributed by atoms with van der Waals surface area (Å²) in [6.07, 6.45) is 0.510. The summed E-state index contributed by atoms with van der Waals surface area (Å²) in [5, 5.41) is 22.2. The number of aliphatic hydroxyl groups is 1. The highest BCUT2D eigenvalue weighted by atomic mass is 16.3. The van der Waals surface area contributed by atoms with Gasteiger partial charge in [-0.3, -0.25) is 0 Å². The second-order valence-electron chi connectivity index (χ2n) is 5.39. The molecule has 2 N–H and O–H groups in total. The number of β-amino-alcohol motifs (C(OH)–C–C–N with tert-alkyl or cyclic N) is 1. The Morgan fingerprint density at radius 2 is 2.32 bits per heavy atom. The Balaban J connectivity index is 2.15. The van der Waals surface area contributed by atoms with Crippen molar-refractivity contribution in [2.24, 2.45) is 0 Å². The third-order valence-electron chi connectivity index (χ3n) is 3.40. The van der Waals surface area contributed by atoms with E-state index in [9.17, 15) is 10.4 Å². The molecule has 1 aliphatic rings. The summed E-state index contributed by atoms with van der Waals surface area (Å²) in [5.74, 6) is 0. The molecule has 1 saturated heterocycles. The fourth-order valence-corrected chi connectivity index (χ4v) is 2.34. The van der Waals surface area contributed by atoms with Crippen LogP contribution in [0.3, 0.4) is 0 Å². The maximum absolute atomic E-state index is 9.59. The topological polar surface area (TPSA) is 59.3 Å². The lowest BCUT2D eigenvalue weighted by Crippen LogP contribution is -2.23. The van der Waals surface area contributed by atoms with Crippen molar-refractivity contribution in [1.82, 2.24) is 5.32 Å². The SMILES string of the molecule is CC(C)NCc1ccc(N2CCC(O)C2)c(C#N)c1. The molecule has 1 heterocycles. The van der Waals surface area contributed by atoms with E-state index < -0.39 is 0 Å². The quantitative estimate of drug-likeness (QED) is 0.863. The molecule has 0 amide bonds. The van der Waals surface area contributed by atoms with E-state index in [1.54, 1.807) is 0 Å². The van der Waals surface area contributed by atoms with E-state index in [2.05, 4.69) is 36.2 Å². The minimum atomic E-state index is -0.270. The Hall–Kier alpha value is -1.57. The molecule has 0 radical (unpaired) electrons. The summed E-state index contributed by atoms with van der Waals surface area (Å²) in [5.41, 5.74) is 2.75. The van der Waals surface area contributed by atoms with Gasteiger partial charge in [-0.05, 0) is 24.1 Å². The molecule has 0 aliphatic carbocycles. The Labute approximate surface area is 114 Å². The van der Waals surface area contributed by atoms with Gasteiger partial charge in [0.05, 0.1) is 17.4 Å². The molecule has 1 aromatic rings. The highest BCUT2D eigenvalue weighted by Gasteiger charge is 2.22. The van der Waals surface area contributed by atoms with Crippen LogP contribution in [-0.2, 0) is 6.54 Å². The molecule has 19 heavy (non-hydrogen) atoms. The molecule has 4 heteroatoms. The number of nitriles is 1. The van der Waals surface area contributed by atoms with Gasteiger partial charge >= 0.3 is 0 Å². The summed E-state index contributed by atoms with van der Waals surface area (Å²) < 4.78 is 0. The van der Waals surface area contributed by atoms with Crippen LogP contribution in [0.15, 0.2) is 18.2 Å². The first-order valence-corrected chi connectivity index (χ1v) is 6.79. The molecular formula is C15H21N3O. The van der Waals surface area contributed by atoms with E-state index in [-0.39, 0.29) is 6.10 Å². The molecule has 4 nitrogen and oxygen atoms in total. The standard InChI is InChI=1S/C15H21N3O/c1-11(2)17-9-12-3-4-15(13(7-12)8-16)18-6-5-14(19)10-18/h3-4,7,11,14,17,19H,5-6,9-10H2,1-2H3. The second-order valence-corrected chi connectivity index (χ2v) is 5.39. The number of anilines is 1. The molecular weight excluding hydrogens is 238 g/mol. The van der Waals surface area contributed by atoms with Gasteiger partial charge in [0.1, 0.15) is 6.07 Å². The lowest BCUT2D eigenvalue weighted by molar-refractivity contribution is 0.198. The monoisotopic (exact) mass is 259 g/mol. The molecule has 1 fully saturated rings. The van der Waals surface area contributed by atoms with Crippen molar-refractivity contribution >= 4 is 5.69 Å². The van der Waals surface area contributed by atoms with Gasteiger partial charge in [0.15, 0.2) is 0 Å². The van der Waals surface area contributed by atoms with Crippen LogP contribution in [0, 0.1) is 11.3 Å². The molecule has 102 valence electrons. The predicted octanol–water partition coefficient (Wildman–Crippen LogP) is 1.63. The molecule has 1 aliphatic heterocycles. The van der Waals surface area contributed by atoms with Crippen LogP contribution in [0.25, 0.3) is 0 Å². The Morgan fingerprint density at radius 1 is 1.53 bits per heavy atom. The third kappa shape index (κ3) is 3.46. The Bertz CT molecular complexity index is 479. The number of nitrogens with one attached hydrogen (secondary N) is 1. The summed E-state index contributed by atoms with van der Waals surface area (Å²) in [6, 6.07) is 8.68. The van der Waals surface area contributed by atoms with Crippen molar-refractivity contribution in [3.63, 3.8) is 0 Å². The van der Waals surface area contributed by atoms with Crippen molar-refractivity contribution in [3.8, 4) is 6.07 Å². The smallest absolute Gasteiger partial charge is 0.101 e. The maximum atomic E-state index is 9.59. The Morgan fingerprint density at radius 3 is 2.89 bits per heavy atom. The summed E-state index contributed by atoms with van der Waals surface area (Å²) in [6.45, 7) is 6.42. The first-order valence-electron chi connectivity index (χ1n) is 6.79. The lowest BCUT2D eigenvalue weighted by atomic mass is 10.1. The minimum absolute atomic E-state index is 0.270. The Kier molecular flexibility index (Phi) is 4.41. The van der Waals surface area contributed by atoms with Crippen LogP contribution in [0.5, 0.6) is 0 Å². The predicted molar refractivity (Wildman–Crippen MR) is 76.0 cm³/mol. The van der Waals surface area contributed by atoms with E-state index in [1.165, 1.54) is 0 Å². The van der Waals surface area contributed by atoms with Gasteiger partial charge in [0.25, 0.3) is 0 Å². The van der Waals surface area contributed by atoms with Gasteiger partial charge in [0.2, 0.25) is 0 Å². The number of hydrogen-bond acceptors (Lipinski definition) is 4. The zero-order valence-corrected chi connectivity index (χ0v) is 11.6.